The quantitative estimate of drug-likeness (QED) is 0.745. The van der Waals surface area contributed by atoms with Crippen molar-refractivity contribution in [3.05, 3.63) is 29.8 Å². The number of aromatic hydroxyl groups is 1. The Balaban J connectivity index is 2.50. The molecular formula is C10H14FNO. The van der Waals surface area contributed by atoms with Gasteiger partial charge in [-0.2, -0.15) is 0 Å². The number of nitrogens with two attached hydrogens (primary N) is 1. The lowest BCUT2D eigenvalue weighted by molar-refractivity contribution is 0.321. The van der Waals surface area contributed by atoms with E-state index in [4.69, 9.17) is 5.73 Å². The number of phenolic OH excluding ortho intramolecular Hbond substituents is 1. The van der Waals surface area contributed by atoms with Gasteiger partial charge in [0.15, 0.2) is 0 Å². The highest BCUT2D eigenvalue weighted by atomic mass is 19.1. The van der Waals surface area contributed by atoms with Crippen molar-refractivity contribution in [1.82, 2.24) is 0 Å². The minimum atomic E-state index is -0.973. The van der Waals surface area contributed by atoms with Gasteiger partial charge in [0.05, 0.1) is 0 Å². The van der Waals surface area contributed by atoms with E-state index >= 15 is 0 Å². The van der Waals surface area contributed by atoms with Crippen LogP contribution in [0.15, 0.2) is 24.3 Å². The van der Waals surface area contributed by atoms with Crippen molar-refractivity contribution in [1.29, 1.82) is 0 Å². The molecule has 13 heavy (non-hydrogen) atoms. The topological polar surface area (TPSA) is 46.2 Å². The number of aryl methyl sites for hydroxylation is 1. The highest BCUT2D eigenvalue weighted by molar-refractivity contribution is 5.31. The first-order chi connectivity index (χ1) is 6.24. The summed E-state index contributed by atoms with van der Waals surface area (Å²) in [6.45, 7) is 0.0492. The van der Waals surface area contributed by atoms with Crippen LogP contribution in [0.5, 0.6) is 5.75 Å². The normalized spacial score (nSPS) is 12.8. The summed E-state index contributed by atoms with van der Waals surface area (Å²) in [5.41, 5.74) is 5.91. The first kappa shape index (κ1) is 9.99. The number of phenols is 1. The molecular weight excluding hydrogens is 169 g/mol. The second-order valence-electron chi connectivity index (χ2n) is 3.00. The maximum Gasteiger partial charge on any atom is 0.118 e. The van der Waals surface area contributed by atoms with Gasteiger partial charge in [-0.1, -0.05) is 18.2 Å². The molecule has 0 saturated carbocycles. The molecule has 2 nitrogen and oxygen atoms in total. The number of para-hydroxylation sites is 1. The second-order valence-corrected chi connectivity index (χ2v) is 3.00. The van der Waals surface area contributed by atoms with E-state index in [1.54, 1.807) is 18.2 Å². The first-order valence-corrected chi connectivity index (χ1v) is 4.35. The van der Waals surface area contributed by atoms with E-state index in [9.17, 15) is 9.50 Å². The molecule has 0 bridgehead atoms. The molecule has 0 spiro atoms. The molecule has 0 fully saturated rings. The fraction of sp³-hybridized carbons (Fsp3) is 0.400. The van der Waals surface area contributed by atoms with Crippen LogP contribution in [0.3, 0.4) is 0 Å². The summed E-state index contributed by atoms with van der Waals surface area (Å²) in [5.74, 6) is 0.228. The van der Waals surface area contributed by atoms with E-state index < -0.39 is 6.17 Å². The SMILES string of the molecule is NCC(F)CCc1ccccc1O. The smallest absolute Gasteiger partial charge is 0.118 e. The zero-order valence-electron chi connectivity index (χ0n) is 7.41. The molecule has 1 unspecified atom stereocenters. The van der Waals surface area contributed by atoms with Crippen LogP contribution in [-0.4, -0.2) is 17.8 Å². The lowest BCUT2D eigenvalue weighted by atomic mass is 10.1. The van der Waals surface area contributed by atoms with Crippen LogP contribution < -0.4 is 5.73 Å². The molecule has 0 heterocycles. The summed E-state index contributed by atoms with van der Waals surface area (Å²) in [6, 6.07) is 6.96. The Bertz CT molecular complexity index is 265. The van der Waals surface area contributed by atoms with E-state index in [2.05, 4.69) is 0 Å². The number of halogens is 1. The zero-order valence-corrected chi connectivity index (χ0v) is 7.41. The molecule has 0 aliphatic carbocycles. The van der Waals surface area contributed by atoms with Gasteiger partial charge >= 0.3 is 0 Å². The zero-order chi connectivity index (χ0) is 9.68. The molecule has 1 aromatic rings. The Hall–Kier alpha value is -1.09. The molecule has 0 amide bonds. The number of benzene rings is 1. The molecule has 1 rings (SSSR count). The third-order valence-corrected chi connectivity index (χ3v) is 1.97. The summed E-state index contributed by atoms with van der Waals surface area (Å²) in [4.78, 5) is 0. The van der Waals surface area contributed by atoms with Crippen molar-refractivity contribution in [2.24, 2.45) is 5.73 Å². The van der Waals surface area contributed by atoms with Crippen LogP contribution in [0.1, 0.15) is 12.0 Å². The van der Waals surface area contributed by atoms with Gasteiger partial charge in [0.1, 0.15) is 11.9 Å². The fourth-order valence-electron chi connectivity index (χ4n) is 1.15. The summed E-state index contributed by atoms with van der Waals surface area (Å²) < 4.78 is 12.7. The second kappa shape index (κ2) is 4.82. The average molecular weight is 183 g/mol. The first-order valence-electron chi connectivity index (χ1n) is 4.35. The number of hydrogen-bond acceptors (Lipinski definition) is 2. The van der Waals surface area contributed by atoms with Gasteiger partial charge in [-0.05, 0) is 24.5 Å². The maximum atomic E-state index is 12.7. The lowest BCUT2D eigenvalue weighted by Gasteiger charge is -2.06. The monoisotopic (exact) mass is 183 g/mol. The minimum Gasteiger partial charge on any atom is -0.508 e. The van der Waals surface area contributed by atoms with Crippen molar-refractivity contribution < 1.29 is 9.50 Å². The summed E-state index contributed by atoms with van der Waals surface area (Å²) in [6.07, 6.45) is -0.0707. The van der Waals surface area contributed by atoms with Gasteiger partial charge in [0.25, 0.3) is 0 Å². The van der Waals surface area contributed by atoms with Crippen molar-refractivity contribution in [2.75, 3.05) is 6.54 Å². The Morgan fingerprint density at radius 1 is 1.38 bits per heavy atom. The van der Waals surface area contributed by atoms with Crippen molar-refractivity contribution in [3.8, 4) is 5.75 Å². The van der Waals surface area contributed by atoms with Gasteiger partial charge in [-0.25, -0.2) is 4.39 Å². The molecule has 3 heteroatoms. The molecule has 0 aromatic heterocycles. The Morgan fingerprint density at radius 2 is 2.08 bits per heavy atom. The average Bonchev–Trinajstić information content (AvgIpc) is 2.16. The van der Waals surface area contributed by atoms with E-state index in [0.717, 1.165) is 5.56 Å². The Kier molecular flexibility index (Phi) is 3.71. The van der Waals surface area contributed by atoms with Gasteiger partial charge in [0.2, 0.25) is 0 Å². The van der Waals surface area contributed by atoms with E-state index in [1.165, 1.54) is 0 Å². The molecule has 0 radical (unpaired) electrons. The third-order valence-electron chi connectivity index (χ3n) is 1.97. The molecule has 1 atom stereocenters. The molecule has 1 aromatic carbocycles. The predicted octanol–water partition coefficient (Wildman–Crippen LogP) is 1.62. The van der Waals surface area contributed by atoms with Crippen LogP contribution in [-0.2, 0) is 6.42 Å². The molecule has 0 aliphatic rings. The number of alkyl halides is 1. The van der Waals surface area contributed by atoms with Crippen LogP contribution >= 0.6 is 0 Å². The lowest BCUT2D eigenvalue weighted by Crippen LogP contribution is -2.15. The van der Waals surface area contributed by atoms with Crippen molar-refractivity contribution in [2.45, 2.75) is 19.0 Å². The van der Waals surface area contributed by atoms with Gasteiger partial charge in [-0.15, -0.1) is 0 Å². The molecule has 0 aliphatic heterocycles. The van der Waals surface area contributed by atoms with Gasteiger partial charge < -0.3 is 10.8 Å². The van der Waals surface area contributed by atoms with E-state index in [-0.39, 0.29) is 12.3 Å². The Labute approximate surface area is 77.2 Å². The highest BCUT2D eigenvalue weighted by Crippen LogP contribution is 2.18. The standard InChI is InChI=1S/C10H14FNO/c11-9(7-12)6-5-8-3-1-2-4-10(8)13/h1-4,9,13H,5-7,12H2. The van der Waals surface area contributed by atoms with Crippen LogP contribution in [0.25, 0.3) is 0 Å². The van der Waals surface area contributed by atoms with Crippen LogP contribution in [0, 0.1) is 0 Å². The molecule has 0 saturated heterocycles. The van der Waals surface area contributed by atoms with Gasteiger partial charge in [0, 0.05) is 6.54 Å². The summed E-state index contributed by atoms with van der Waals surface area (Å²) in [7, 11) is 0. The van der Waals surface area contributed by atoms with Gasteiger partial charge in [-0.3, -0.25) is 0 Å². The Morgan fingerprint density at radius 3 is 2.69 bits per heavy atom. The number of rotatable bonds is 4. The van der Waals surface area contributed by atoms with E-state index in [1.807, 2.05) is 6.07 Å². The molecule has 72 valence electrons. The van der Waals surface area contributed by atoms with E-state index in [0.29, 0.717) is 12.8 Å². The maximum absolute atomic E-state index is 12.7. The highest BCUT2D eigenvalue weighted by Gasteiger charge is 2.05. The summed E-state index contributed by atoms with van der Waals surface area (Å²) in [5, 5.41) is 9.34. The van der Waals surface area contributed by atoms with Crippen molar-refractivity contribution >= 4 is 0 Å². The number of hydrogen-bond donors (Lipinski definition) is 2. The molecule has 3 N–H and O–H groups in total. The van der Waals surface area contributed by atoms with Crippen LogP contribution in [0.4, 0.5) is 4.39 Å². The predicted molar refractivity (Wildman–Crippen MR) is 50.4 cm³/mol. The summed E-state index contributed by atoms with van der Waals surface area (Å²) >= 11 is 0. The minimum absolute atomic E-state index is 0.0492. The fourth-order valence-corrected chi connectivity index (χ4v) is 1.15. The third kappa shape index (κ3) is 3.03. The largest absolute Gasteiger partial charge is 0.508 e. The van der Waals surface area contributed by atoms with Crippen molar-refractivity contribution in [3.63, 3.8) is 0 Å². The van der Waals surface area contributed by atoms with Crippen LogP contribution in [0.2, 0.25) is 0 Å².